The molecule has 0 fully saturated rings. The van der Waals surface area contributed by atoms with Crippen LogP contribution < -0.4 is 10.6 Å². The van der Waals surface area contributed by atoms with Crippen molar-refractivity contribution in [3.8, 4) is 0 Å². The van der Waals surface area contributed by atoms with Crippen LogP contribution in [0.3, 0.4) is 0 Å². The lowest BCUT2D eigenvalue weighted by molar-refractivity contribution is 0.570. The Hall–Kier alpha value is -0.570. The molecule has 1 rings (SSSR count). The van der Waals surface area contributed by atoms with Gasteiger partial charge in [0.05, 0.1) is 0 Å². The Bertz CT molecular complexity index is 473. The number of hydrogen-bond acceptors (Lipinski definition) is 2. The summed E-state index contributed by atoms with van der Waals surface area (Å²) < 4.78 is 26.4. The molecule has 23 heavy (non-hydrogen) atoms. The fourth-order valence-electron chi connectivity index (χ4n) is 1.93. The summed E-state index contributed by atoms with van der Waals surface area (Å²) in [5.74, 6) is 0.855. The number of nitrogens with one attached hydrogen (secondary N) is 2. The van der Waals surface area contributed by atoms with Gasteiger partial charge in [0.25, 0.3) is 0 Å². The zero-order valence-electron chi connectivity index (χ0n) is 13.7. The zero-order valence-corrected chi connectivity index (χ0v) is 16.8. The first-order valence-corrected chi connectivity index (χ1v) is 9.01. The van der Waals surface area contributed by atoms with E-state index in [9.17, 15) is 8.78 Å². The average Bonchev–Trinajstić information content (AvgIpc) is 2.49. The highest BCUT2D eigenvalue weighted by Crippen LogP contribution is 2.09. The molecule has 0 saturated carbocycles. The third kappa shape index (κ3) is 10.0. The second kappa shape index (κ2) is 13.8. The summed E-state index contributed by atoms with van der Waals surface area (Å²) in [6, 6.07) is 3.68. The van der Waals surface area contributed by atoms with E-state index in [-0.39, 0.29) is 24.0 Å². The number of nitrogens with zero attached hydrogens (tertiary/aromatic N) is 1. The van der Waals surface area contributed by atoms with Gasteiger partial charge < -0.3 is 10.6 Å². The van der Waals surface area contributed by atoms with Crippen molar-refractivity contribution in [3.63, 3.8) is 0 Å². The topological polar surface area (TPSA) is 36.4 Å². The minimum Gasteiger partial charge on any atom is -0.357 e. The van der Waals surface area contributed by atoms with Crippen LogP contribution in [0.15, 0.2) is 23.2 Å². The monoisotopic (exact) mass is 457 g/mol. The van der Waals surface area contributed by atoms with Gasteiger partial charge in [-0.3, -0.25) is 4.99 Å². The van der Waals surface area contributed by atoms with Crippen molar-refractivity contribution >= 4 is 41.7 Å². The summed E-state index contributed by atoms with van der Waals surface area (Å²) in [7, 11) is 0. The smallest absolute Gasteiger partial charge is 0.191 e. The van der Waals surface area contributed by atoms with Crippen LogP contribution >= 0.6 is 35.7 Å². The van der Waals surface area contributed by atoms with Crippen molar-refractivity contribution in [3.05, 3.63) is 35.4 Å². The predicted octanol–water partition coefficient (Wildman–Crippen LogP) is 3.82. The molecule has 3 nitrogen and oxygen atoms in total. The van der Waals surface area contributed by atoms with Crippen molar-refractivity contribution in [2.75, 3.05) is 31.6 Å². The van der Waals surface area contributed by atoms with Gasteiger partial charge in [-0.25, -0.2) is 8.78 Å². The molecule has 0 aromatic heterocycles. The van der Waals surface area contributed by atoms with Crippen LogP contribution in [0.5, 0.6) is 0 Å². The van der Waals surface area contributed by atoms with E-state index in [2.05, 4.69) is 21.9 Å². The average molecular weight is 457 g/mol. The van der Waals surface area contributed by atoms with E-state index < -0.39 is 11.6 Å². The lowest BCUT2D eigenvalue weighted by Gasteiger charge is -2.11. The Labute approximate surface area is 159 Å². The number of benzene rings is 1. The quantitative estimate of drug-likeness (QED) is 0.256. The molecule has 0 bridgehead atoms. The Balaban J connectivity index is 0.00000484. The van der Waals surface area contributed by atoms with Gasteiger partial charge in [-0.15, -0.1) is 24.0 Å². The molecule has 1 aromatic rings. The number of aliphatic imine (C=N–C) groups is 1. The van der Waals surface area contributed by atoms with Crippen LogP contribution in [0.2, 0.25) is 0 Å². The fraction of sp³-hybridized carbons (Fsp3) is 0.562. The molecule has 0 spiro atoms. The van der Waals surface area contributed by atoms with Crippen LogP contribution in [0.25, 0.3) is 0 Å². The standard InChI is InChI=1S/C16H25F2N3S.HI/c1-3-19-16(20-9-4-5-11-22-2)21-10-8-13-6-7-14(17)12-15(13)18;/h6-7,12H,3-5,8-11H2,1-2H3,(H2,19,20,21);1H. The number of rotatable bonds is 9. The van der Waals surface area contributed by atoms with E-state index in [4.69, 9.17) is 0 Å². The van der Waals surface area contributed by atoms with Gasteiger partial charge in [-0.2, -0.15) is 11.8 Å². The van der Waals surface area contributed by atoms with Gasteiger partial charge in [0, 0.05) is 25.7 Å². The third-order valence-corrected chi connectivity index (χ3v) is 3.77. The molecule has 1 aromatic carbocycles. The first kappa shape index (κ1) is 22.4. The molecule has 132 valence electrons. The molecule has 0 radical (unpaired) electrons. The maximum Gasteiger partial charge on any atom is 0.191 e. The fourth-order valence-corrected chi connectivity index (χ4v) is 2.42. The van der Waals surface area contributed by atoms with Gasteiger partial charge in [0.2, 0.25) is 0 Å². The number of thioether (sulfide) groups is 1. The normalized spacial score (nSPS) is 11.0. The molecule has 2 N–H and O–H groups in total. The highest BCUT2D eigenvalue weighted by molar-refractivity contribution is 14.0. The van der Waals surface area contributed by atoms with E-state index in [0.717, 1.165) is 43.7 Å². The molecular formula is C16H26F2IN3S. The Morgan fingerprint density at radius 2 is 2.00 bits per heavy atom. The van der Waals surface area contributed by atoms with Crippen LogP contribution in [-0.2, 0) is 6.42 Å². The minimum atomic E-state index is -0.547. The lowest BCUT2D eigenvalue weighted by Crippen LogP contribution is -2.38. The maximum atomic E-state index is 13.5. The molecule has 7 heteroatoms. The third-order valence-electron chi connectivity index (χ3n) is 3.07. The van der Waals surface area contributed by atoms with Gasteiger partial charge in [-0.05, 0) is 49.8 Å². The Kier molecular flexibility index (Phi) is 13.5. The van der Waals surface area contributed by atoms with Crippen LogP contribution in [-0.4, -0.2) is 37.6 Å². The van der Waals surface area contributed by atoms with E-state index >= 15 is 0 Å². The van der Waals surface area contributed by atoms with Gasteiger partial charge in [0.15, 0.2) is 5.96 Å². The van der Waals surface area contributed by atoms with E-state index in [1.807, 2.05) is 18.7 Å². The van der Waals surface area contributed by atoms with Crippen LogP contribution in [0.4, 0.5) is 8.78 Å². The van der Waals surface area contributed by atoms with Gasteiger partial charge in [0.1, 0.15) is 11.6 Å². The lowest BCUT2D eigenvalue weighted by atomic mass is 10.1. The summed E-state index contributed by atoms with van der Waals surface area (Å²) in [5.41, 5.74) is 0.504. The molecule has 0 aliphatic rings. The molecule has 0 heterocycles. The summed E-state index contributed by atoms with van der Waals surface area (Å²) in [4.78, 5) is 4.48. The molecule has 0 unspecified atom stereocenters. The molecular weight excluding hydrogens is 431 g/mol. The maximum absolute atomic E-state index is 13.5. The van der Waals surface area contributed by atoms with E-state index in [1.165, 1.54) is 12.1 Å². The van der Waals surface area contributed by atoms with Gasteiger partial charge in [-0.1, -0.05) is 6.07 Å². The number of unbranched alkanes of at least 4 members (excludes halogenated alkanes) is 1. The van der Waals surface area contributed by atoms with Crippen molar-refractivity contribution in [1.29, 1.82) is 0 Å². The van der Waals surface area contributed by atoms with Crippen molar-refractivity contribution in [1.82, 2.24) is 10.6 Å². The highest BCUT2D eigenvalue weighted by Gasteiger charge is 2.04. The van der Waals surface area contributed by atoms with Gasteiger partial charge >= 0.3 is 0 Å². The SMILES string of the molecule is CCNC(=NCCCCSC)NCCc1ccc(F)cc1F.I. The number of hydrogen-bond donors (Lipinski definition) is 2. The van der Waals surface area contributed by atoms with Crippen LogP contribution in [0, 0.1) is 11.6 Å². The molecule has 0 saturated heterocycles. The molecule has 0 aliphatic carbocycles. The van der Waals surface area contributed by atoms with Crippen LogP contribution in [0.1, 0.15) is 25.3 Å². The first-order chi connectivity index (χ1) is 10.7. The van der Waals surface area contributed by atoms with Crippen molar-refractivity contribution in [2.45, 2.75) is 26.2 Å². The Morgan fingerprint density at radius 3 is 2.65 bits per heavy atom. The number of halogens is 3. The Morgan fingerprint density at radius 1 is 1.22 bits per heavy atom. The largest absolute Gasteiger partial charge is 0.357 e. The summed E-state index contributed by atoms with van der Waals surface area (Å²) in [6.07, 6.45) is 4.81. The first-order valence-electron chi connectivity index (χ1n) is 7.62. The second-order valence-corrected chi connectivity index (χ2v) is 5.86. The molecule has 0 atom stereocenters. The highest BCUT2D eigenvalue weighted by atomic mass is 127. The molecule has 0 amide bonds. The summed E-state index contributed by atoms with van der Waals surface area (Å²) >= 11 is 1.84. The summed E-state index contributed by atoms with van der Waals surface area (Å²) in [6.45, 7) is 4.12. The minimum absolute atomic E-state index is 0. The molecule has 0 aliphatic heterocycles. The van der Waals surface area contributed by atoms with E-state index in [1.54, 1.807) is 0 Å². The predicted molar refractivity (Wildman–Crippen MR) is 107 cm³/mol. The van der Waals surface area contributed by atoms with E-state index in [0.29, 0.717) is 18.5 Å². The van der Waals surface area contributed by atoms with Crippen molar-refractivity contribution in [2.24, 2.45) is 4.99 Å². The van der Waals surface area contributed by atoms with Crippen molar-refractivity contribution < 1.29 is 8.78 Å². The summed E-state index contributed by atoms with van der Waals surface area (Å²) in [5, 5.41) is 6.34. The zero-order chi connectivity index (χ0) is 16.2. The second-order valence-electron chi connectivity index (χ2n) is 4.87. The number of guanidine groups is 1.